The highest BCUT2D eigenvalue weighted by Crippen LogP contribution is 2.00. The number of nitrogens with one attached hydrogen (secondary N) is 1. The fraction of sp³-hybridized carbons (Fsp3) is 0.750. The molecule has 0 heterocycles. The van der Waals surface area contributed by atoms with E-state index in [2.05, 4.69) is 12.2 Å². The van der Waals surface area contributed by atoms with Crippen LogP contribution >= 0.6 is 0 Å². The molecule has 0 bridgehead atoms. The van der Waals surface area contributed by atoms with Gasteiger partial charge in [-0.1, -0.05) is 26.2 Å². The first kappa shape index (κ1) is 9.47. The fourth-order valence-corrected chi connectivity index (χ4v) is 0.730. The molecule has 0 aliphatic heterocycles. The predicted octanol–water partition coefficient (Wildman–Crippen LogP) is 1.52. The van der Waals surface area contributed by atoms with Gasteiger partial charge in [0.05, 0.1) is 0 Å². The number of hydrogen-bond acceptors (Lipinski definition) is 1. The lowest BCUT2D eigenvalue weighted by molar-refractivity contribution is -0.117. The van der Waals surface area contributed by atoms with Crippen molar-refractivity contribution in [1.82, 2.24) is 5.32 Å². The molecule has 2 nitrogen and oxygen atoms in total. The summed E-state index contributed by atoms with van der Waals surface area (Å²) in [5.74, 6) is 0.0381. The zero-order valence-electron chi connectivity index (χ0n) is 6.81. The van der Waals surface area contributed by atoms with Gasteiger partial charge in [-0.15, -0.1) is 0 Å². The highest BCUT2D eigenvalue weighted by atomic mass is 16.1. The van der Waals surface area contributed by atoms with E-state index in [0.717, 1.165) is 12.8 Å². The van der Waals surface area contributed by atoms with Crippen molar-refractivity contribution >= 4 is 5.91 Å². The summed E-state index contributed by atoms with van der Waals surface area (Å²) in [7, 11) is 1.65. The number of amides is 1. The maximum atomic E-state index is 10.6. The molecule has 10 heavy (non-hydrogen) atoms. The van der Waals surface area contributed by atoms with Gasteiger partial charge in [-0.2, -0.15) is 0 Å². The van der Waals surface area contributed by atoms with Gasteiger partial charge in [0.2, 0.25) is 5.91 Å². The van der Waals surface area contributed by atoms with Crippen LogP contribution in [-0.2, 0) is 4.79 Å². The molecule has 0 aliphatic carbocycles. The van der Waals surface area contributed by atoms with E-state index in [1.54, 1.807) is 13.5 Å². The Bertz CT molecular complexity index is 91.3. The molecule has 1 N–H and O–H groups in total. The summed E-state index contributed by atoms with van der Waals surface area (Å²) in [6.45, 7) is 2.15. The molecule has 0 aromatic heterocycles. The van der Waals surface area contributed by atoms with E-state index in [1.807, 2.05) is 0 Å². The monoisotopic (exact) mass is 142 g/mol. The Morgan fingerprint density at radius 3 is 2.70 bits per heavy atom. The Balaban J connectivity index is 2.96. The first-order valence-corrected chi connectivity index (χ1v) is 3.86. The summed E-state index contributed by atoms with van der Waals surface area (Å²) >= 11 is 0. The summed E-state index contributed by atoms with van der Waals surface area (Å²) in [5.41, 5.74) is 0. The quantitative estimate of drug-likeness (QED) is 0.579. The maximum Gasteiger partial charge on any atom is 0.223 e. The van der Waals surface area contributed by atoms with Gasteiger partial charge in [0.15, 0.2) is 0 Å². The second kappa shape index (κ2) is 6.59. The van der Waals surface area contributed by atoms with Crippen LogP contribution in [0.25, 0.3) is 0 Å². The van der Waals surface area contributed by atoms with E-state index in [4.69, 9.17) is 0 Å². The van der Waals surface area contributed by atoms with Gasteiger partial charge in [-0.3, -0.25) is 4.79 Å². The Labute approximate surface area is 63.0 Å². The lowest BCUT2D eigenvalue weighted by Crippen LogP contribution is -2.17. The normalized spacial score (nSPS) is 9.40. The van der Waals surface area contributed by atoms with Gasteiger partial charge in [-0.25, -0.2) is 0 Å². The molecule has 0 fully saturated rings. The zero-order chi connectivity index (χ0) is 7.82. The number of carbonyl (C=O) groups excluding carboxylic acids is 1. The topological polar surface area (TPSA) is 29.1 Å². The molecular formula is C8H16NO. The van der Waals surface area contributed by atoms with Crippen LogP contribution in [0.1, 0.15) is 32.6 Å². The van der Waals surface area contributed by atoms with E-state index in [-0.39, 0.29) is 5.91 Å². The number of hydrogen-bond donors (Lipinski definition) is 1. The smallest absolute Gasteiger partial charge is 0.223 e. The summed E-state index contributed by atoms with van der Waals surface area (Å²) < 4.78 is 0. The Morgan fingerprint density at radius 2 is 2.20 bits per heavy atom. The molecule has 0 spiro atoms. The van der Waals surface area contributed by atoms with Crippen LogP contribution in [0.3, 0.4) is 0 Å². The van der Waals surface area contributed by atoms with E-state index in [0.29, 0.717) is 0 Å². The van der Waals surface area contributed by atoms with E-state index >= 15 is 0 Å². The predicted molar refractivity (Wildman–Crippen MR) is 42.5 cm³/mol. The molecule has 0 rings (SSSR count). The minimum absolute atomic E-state index is 0.0381. The van der Waals surface area contributed by atoms with Crippen molar-refractivity contribution < 1.29 is 4.79 Å². The molecule has 0 aromatic carbocycles. The number of rotatable bonds is 5. The maximum absolute atomic E-state index is 10.6. The van der Waals surface area contributed by atoms with Crippen molar-refractivity contribution in [3.63, 3.8) is 0 Å². The Kier molecular flexibility index (Phi) is 6.24. The molecule has 0 aliphatic rings. The van der Waals surface area contributed by atoms with Gasteiger partial charge in [0, 0.05) is 13.5 Å². The van der Waals surface area contributed by atoms with Crippen molar-refractivity contribution in [2.24, 2.45) is 0 Å². The van der Waals surface area contributed by atoms with Crippen LogP contribution in [0.15, 0.2) is 0 Å². The minimum Gasteiger partial charge on any atom is -0.359 e. The third-order valence-electron chi connectivity index (χ3n) is 1.38. The Morgan fingerprint density at radius 1 is 1.50 bits per heavy atom. The van der Waals surface area contributed by atoms with Crippen molar-refractivity contribution in [3.05, 3.63) is 6.42 Å². The standard InChI is InChI=1S/C8H16NO/c1-3-4-5-6-7-8(10)9-2/h7H,3-6H2,1-2H3,(H,9,10). The first-order chi connectivity index (χ1) is 4.81. The second-order valence-electron chi connectivity index (χ2n) is 2.31. The Hall–Kier alpha value is -0.530. The lowest BCUT2D eigenvalue weighted by Gasteiger charge is -1.97. The first-order valence-electron chi connectivity index (χ1n) is 3.86. The highest BCUT2D eigenvalue weighted by molar-refractivity contribution is 5.84. The second-order valence-corrected chi connectivity index (χ2v) is 2.31. The van der Waals surface area contributed by atoms with Crippen LogP contribution in [0.2, 0.25) is 0 Å². The van der Waals surface area contributed by atoms with E-state index in [9.17, 15) is 4.79 Å². The van der Waals surface area contributed by atoms with Crippen molar-refractivity contribution in [3.8, 4) is 0 Å². The fourth-order valence-electron chi connectivity index (χ4n) is 0.730. The van der Waals surface area contributed by atoms with Gasteiger partial charge in [0.1, 0.15) is 0 Å². The van der Waals surface area contributed by atoms with Crippen LogP contribution in [0, 0.1) is 6.42 Å². The van der Waals surface area contributed by atoms with Crippen molar-refractivity contribution in [1.29, 1.82) is 0 Å². The molecule has 0 unspecified atom stereocenters. The van der Waals surface area contributed by atoms with Crippen LogP contribution < -0.4 is 5.32 Å². The third kappa shape index (κ3) is 5.60. The summed E-state index contributed by atoms with van der Waals surface area (Å²) in [4.78, 5) is 10.6. The molecule has 59 valence electrons. The van der Waals surface area contributed by atoms with Gasteiger partial charge in [-0.05, 0) is 6.42 Å². The van der Waals surface area contributed by atoms with Crippen molar-refractivity contribution in [2.75, 3.05) is 7.05 Å². The van der Waals surface area contributed by atoms with Crippen LogP contribution in [0.5, 0.6) is 0 Å². The van der Waals surface area contributed by atoms with Crippen LogP contribution in [0.4, 0.5) is 0 Å². The summed E-state index contributed by atoms with van der Waals surface area (Å²) in [5, 5.41) is 2.55. The molecule has 2 heteroatoms. The summed E-state index contributed by atoms with van der Waals surface area (Å²) in [6.07, 6.45) is 6.17. The van der Waals surface area contributed by atoms with Crippen molar-refractivity contribution in [2.45, 2.75) is 32.6 Å². The van der Waals surface area contributed by atoms with Crippen LogP contribution in [-0.4, -0.2) is 13.0 Å². The third-order valence-corrected chi connectivity index (χ3v) is 1.38. The lowest BCUT2D eigenvalue weighted by atomic mass is 10.1. The summed E-state index contributed by atoms with van der Waals surface area (Å²) in [6, 6.07) is 0. The average Bonchev–Trinajstić information content (AvgIpc) is 1.98. The van der Waals surface area contributed by atoms with E-state index in [1.165, 1.54) is 12.8 Å². The molecule has 1 radical (unpaired) electrons. The molecule has 0 saturated carbocycles. The minimum atomic E-state index is 0.0381. The molecule has 0 saturated heterocycles. The molecule has 1 amide bonds. The highest BCUT2D eigenvalue weighted by Gasteiger charge is 1.95. The number of carbonyl (C=O) groups is 1. The average molecular weight is 142 g/mol. The molecular weight excluding hydrogens is 126 g/mol. The SMILES string of the molecule is CCCCC[CH]C(=O)NC. The van der Waals surface area contributed by atoms with Gasteiger partial charge in [0.25, 0.3) is 0 Å². The van der Waals surface area contributed by atoms with E-state index < -0.39 is 0 Å². The molecule has 0 atom stereocenters. The largest absolute Gasteiger partial charge is 0.359 e. The van der Waals surface area contributed by atoms with Gasteiger partial charge >= 0.3 is 0 Å². The van der Waals surface area contributed by atoms with Gasteiger partial charge < -0.3 is 5.32 Å². The zero-order valence-corrected chi connectivity index (χ0v) is 6.81. The molecule has 0 aromatic rings. The number of unbranched alkanes of at least 4 members (excludes halogenated alkanes) is 3.